The zero-order valence-electron chi connectivity index (χ0n) is 13.5. The molecule has 1 aromatic carbocycles. The van der Waals surface area contributed by atoms with Gasteiger partial charge in [0.15, 0.2) is 0 Å². The van der Waals surface area contributed by atoms with Crippen molar-refractivity contribution in [2.24, 2.45) is 5.41 Å². The van der Waals surface area contributed by atoms with Crippen LogP contribution in [0.5, 0.6) is 0 Å². The standard InChI is InChI=1S/C17H24F2N2O2/c1-13(15-3-2-14(18)8-16(15)19)21-6-4-20(5-7-21)9-17(10-22)11-23-12-17/h2-3,8,13,22H,4-7,9-12H2,1H3. The first-order valence-electron chi connectivity index (χ1n) is 8.13. The minimum absolute atomic E-state index is 0.0726. The smallest absolute Gasteiger partial charge is 0.130 e. The first kappa shape index (κ1) is 16.8. The molecule has 0 radical (unpaired) electrons. The lowest BCUT2D eigenvalue weighted by Crippen LogP contribution is -2.57. The van der Waals surface area contributed by atoms with E-state index in [0.717, 1.165) is 38.8 Å². The molecule has 1 aromatic rings. The fourth-order valence-electron chi connectivity index (χ4n) is 3.44. The molecule has 2 aliphatic rings. The van der Waals surface area contributed by atoms with Gasteiger partial charge in [-0.3, -0.25) is 9.80 Å². The number of piperazine rings is 1. The molecule has 128 valence electrons. The molecule has 0 saturated carbocycles. The third-order valence-electron chi connectivity index (χ3n) is 5.08. The molecule has 1 unspecified atom stereocenters. The highest BCUT2D eigenvalue weighted by atomic mass is 19.1. The molecule has 2 saturated heterocycles. The van der Waals surface area contributed by atoms with Crippen molar-refractivity contribution in [3.63, 3.8) is 0 Å². The Kier molecular flexibility index (Phi) is 4.96. The van der Waals surface area contributed by atoms with E-state index in [1.165, 1.54) is 12.1 Å². The molecule has 23 heavy (non-hydrogen) atoms. The first-order valence-corrected chi connectivity index (χ1v) is 8.13. The number of aliphatic hydroxyl groups excluding tert-OH is 1. The maximum atomic E-state index is 13.9. The van der Waals surface area contributed by atoms with Gasteiger partial charge in [0.25, 0.3) is 0 Å². The molecule has 0 spiro atoms. The second-order valence-electron chi connectivity index (χ2n) is 6.80. The topological polar surface area (TPSA) is 35.9 Å². The van der Waals surface area contributed by atoms with Gasteiger partial charge in [0.1, 0.15) is 11.6 Å². The normalized spacial score (nSPS) is 23.5. The van der Waals surface area contributed by atoms with Gasteiger partial charge in [-0.2, -0.15) is 0 Å². The molecule has 4 nitrogen and oxygen atoms in total. The molecular weight excluding hydrogens is 302 g/mol. The number of aliphatic hydroxyl groups is 1. The van der Waals surface area contributed by atoms with Gasteiger partial charge in [-0.1, -0.05) is 6.07 Å². The Hall–Kier alpha value is -1.08. The number of hydrogen-bond acceptors (Lipinski definition) is 4. The first-order chi connectivity index (χ1) is 11.0. The summed E-state index contributed by atoms with van der Waals surface area (Å²) >= 11 is 0. The van der Waals surface area contributed by atoms with Crippen molar-refractivity contribution in [3.05, 3.63) is 35.4 Å². The molecule has 0 aliphatic carbocycles. The monoisotopic (exact) mass is 326 g/mol. The van der Waals surface area contributed by atoms with Gasteiger partial charge >= 0.3 is 0 Å². The third-order valence-corrected chi connectivity index (χ3v) is 5.08. The molecule has 1 N–H and O–H groups in total. The molecule has 2 heterocycles. The van der Waals surface area contributed by atoms with Crippen LogP contribution in [-0.2, 0) is 4.74 Å². The molecule has 6 heteroatoms. The van der Waals surface area contributed by atoms with Gasteiger partial charge in [-0.25, -0.2) is 8.78 Å². The maximum absolute atomic E-state index is 13.9. The van der Waals surface area contributed by atoms with Crippen molar-refractivity contribution in [2.75, 3.05) is 52.5 Å². The summed E-state index contributed by atoms with van der Waals surface area (Å²) in [5.41, 5.74) is 0.440. The molecular formula is C17H24F2N2O2. The summed E-state index contributed by atoms with van der Waals surface area (Å²) < 4.78 is 32.2. The van der Waals surface area contributed by atoms with Gasteiger partial charge in [-0.05, 0) is 13.0 Å². The van der Waals surface area contributed by atoms with Gasteiger partial charge in [0.2, 0.25) is 0 Å². The summed E-state index contributed by atoms with van der Waals surface area (Å²) in [4.78, 5) is 4.55. The van der Waals surface area contributed by atoms with E-state index in [0.29, 0.717) is 18.8 Å². The summed E-state index contributed by atoms with van der Waals surface area (Å²) in [6.07, 6.45) is 0. The zero-order valence-corrected chi connectivity index (χ0v) is 13.5. The van der Waals surface area contributed by atoms with E-state index in [1.54, 1.807) is 0 Å². The van der Waals surface area contributed by atoms with E-state index in [9.17, 15) is 13.9 Å². The Morgan fingerprint density at radius 2 is 1.91 bits per heavy atom. The van der Waals surface area contributed by atoms with Crippen molar-refractivity contribution in [3.8, 4) is 0 Å². The zero-order chi connectivity index (χ0) is 16.4. The van der Waals surface area contributed by atoms with E-state index in [1.807, 2.05) is 6.92 Å². The van der Waals surface area contributed by atoms with Gasteiger partial charge in [0.05, 0.1) is 25.2 Å². The van der Waals surface area contributed by atoms with E-state index < -0.39 is 11.6 Å². The Morgan fingerprint density at radius 3 is 2.43 bits per heavy atom. The van der Waals surface area contributed by atoms with Gasteiger partial charge in [-0.15, -0.1) is 0 Å². The molecule has 3 rings (SSSR count). The Balaban J connectivity index is 1.56. The van der Waals surface area contributed by atoms with Crippen LogP contribution in [0.2, 0.25) is 0 Å². The number of halogens is 2. The molecule has 0 aromatic heterocycles. The Morgan fingerprint density at radius 1 is 1.22 bits per heavy atom. The van der Waals surface area contributed by atoms with Crippen molar-refractivity contribution in [1.82, 2.24) is 9.80 Å². The highest BCUT2D eigenvalue weighted by Crippen LogP contribution is 2.29. The quantitative estimate of drug-likeness (QED) is 0.893. The Labute approximate surface area is 135 Å². The predicted molar refractivity (Wildman–Crippen MR) is 83.1 cm³/mol. The van der Waals surface area contributed by atoms with Crippen LogP contribution in [0.15, 0.2) is 18.2 Å². The predicted octanol–water partition coefficient (Wildman–Crippen LogP) is 1.65. The number of nitrogens with zero attached hydrogens (tertiary/aromatic N) is 2. The lowest BCUT2D eigenvalue weighted by molar-refractivity contribution is -0.151. The highest BCUT2D eigenvalue weighted by Gasteiger charge is 2.40. The average Bonchev–Trinajstić information content (AvgIpc) is 2.51. The largest absolute Gasteiger partial charge is 0.396 e. The molecule has 2 aliphatic heterocycles. The fraction of sp³-hybridized carbons (Fsp3) is 0.647. The molecule has 0 amide bonds. The Bertz CT molecular complexity index is 538. The lowest BCUT2D eigenvalue weighted by Gasteiger charge is -2.46. The number of ether oxygens (including phenoxy) is 1. The van der Waals surface area contributed by atoms with E-state index >= 15 is 0 Å². The van der Waals surface area contributed by atoms with Crippen molar-refractivity contribution in [1.29, 1.82) is 0 Å². The van der Waals surface area contributed by atoms with E-state index in [-0.39, 0.29) is 18.1 Å². The van der Waals surface area contributed by atoms with Crippen LogP contribution in [0.3, 0.4) is 0 Å². The second kappa shape index (κ2) is 6.81. The summed E-state index contributed by atoms with van der Waals surface area (Å²) in [6.45, 7) is 7.65. The van der Waals surface area contributed by atoms with Crippen LogP contribution in [0.4, 0.5) is 8.78 Å². The highest BCUT2D eigenvalue weighted by molar-refractivity contribution is 5.22. The number of hydrogen-bond donors (Lipinski definition) is 1. The van der Waals surface area contributed by atoms with E-state index in [2.05, 4.69) is 9.80 Å². The van der Waals surface area contributed by atoms with Crippen LogP contribution < -0.4 is 0 Å². The summed E-state index contributed by atoms with van der Waals surface area (Å²) in [6, 6.07) is 3.72. The molecule has 2 fully saturated rings. The van der Waals surface area contributed by atoms with Crippen molar-refractivity contribution in [2.45, 2.75) is 13.0 Å². The van der Waals surface area contributed by atoms with Crippen LogP contribution in [0.1, 0.15) is 18.5 Å². The van der Waals surface area contributed by atoms with E-state index in [4.69, 9.17) is 4.74 Å². The second-order valence-corrected chi connectivity index (χ2v) is 6.80. The minimum atomic E-state index is -0.541. The fourth-order valence-corrected chi connectivity index (χ4v) is 3.44. The SMILES string of the molecule is CC(c1ccc(F)cc1F)N1CCN(CC2(CO)COC2)CC1. The lowest BCUT2D eigenvalue weighted by atomic mass is 9.86. The van der Waals surface area contributed by atoms with Crippen molar-refractivity contribution >= 4 is 0 Å². The minimum Gasteiger partial charge on any atom is -0.396 e. The van der Waals surface area contributed by atoms with Crippen LogP contribution in [0.25, 0.3) is 0 Å². The molecule has 1 atom stereocenters. The summed E-state index contributed by atoms with van der Waals surface area (Å²) in [5, 5.41) is 9.52. The number of benzene rings is 1. The maximum Gasteiger partial charge on any atom is 0.130 e. The third kappa shape index (κ3) is 3.55. The van der Waals surface area contributed by atoms with Gasteiger partial charge < -0.3 is 9.84 Å². The van der Waals surface area contributed by atoms with Crippen molar-refractivity contribution < 1.29 is 18.6 Å². The van der Waals surface area contributed by atoms with Crippen LogP contribution in [0, 0.1) is 17.0 Å². The van der Waals surface area contributed by atoms with Gasteiger partial charge in [0, 0.05) is 50.4 Å². The summed E-state index contributed by atoms with van der Waals surface area (Å²) in [7, 11) is 0. The number of rotatable bonds is 5. The average molecular weight is 326 g/mol. The molecule has 0 bridgehead atoms. The summed E-state index contributed by atoms with van der Waals surface area (Å²) in [5.74, 6) is -1.02. The van der Waals surface area contributed by atoms with Crippen LogP contribution >= 0.6 is 0 Å². The van der Waals surface area contributed by atoms with Crippen LogP contribution in [-0.4, -0.2) is 67.5 Å².